The molecule has 1 atom stereocenters. The summed E-state index contributed by atoms with van der Waals surface area (Å²) in [7, 11) is 1.19. The SMILES string of the molecule is COC(=O)[C@@H](CCC#N)NC(=O)CNC(=O)OCc1ccccc1. The summed E-state index contributed by atoms with van der Waals surface area (Å²) >= 11 is 0. The van der Waals surface area contributed by atoms with Crippen molar-refractivity contribution in [3.63, 3.8) is 0 Å². The number of hydrogen-bond acceptors (Lipinski definition) is 6. The van der Waals surface area contributed by atoms with Crippen molar-refractivity contribution >= 4 is 18.0 Å². The van der Waals surface area contributed by atoms with Gasteiger partial charge in [0.05, 0.1) is 13.2 Å². The smallest absolute Gasteiger partial charge is 0.407 e. The Bertz CT molecular complexity index is 597. The molecule has 0 radical (unpaired) electrons. The first-order chi connectivity index (χ1) is 11.6. The van der Waals surface area contributed by atoms with Crippen LogP contribution in [-0.4, -0.2) is 37.7 Å². The molecule has 0 aromatic heterocycles. The summed E-state index contributed by atoms with van der Waals surface area (Å²) in [4.78, 5) is 34.8. The van der Waals surface area contributed by atoms with E-state index in [9.17, 15) is 14.4 Å². The molecule has 2 N–H and O–H groups in total. The lowest BCUT2D eigenvalue weighted by Gasteiger charge is -2.15. The van der Waals surface area contributed by atoms with Gasteiger partial charge in [-0.05, 0) is 12.0 Å². The first-order valence-corrected chi connectivity index (χ1v) is 7.25. The topological polar surface area (TPSA) is 118 Å². The number of ether oxygens (including phenoxy) is 2. The minimum Gasteiger partial charge on any atom is -0.467 e. The second-order valence-corrected chi connectivity index (χ2v) is 4.76. The molecule has 0 saturated heterocycles. The van der Waals surface area contributed by atoms with Gasteiger partial charge in [0, 0.05) is 6.42 Å². The van der Waals surface area contributed by atoms with Crippen LogP contribution in [0.4, 0.5) is 4.79 Å². The van der Waals surface area contributed by atoms with E-state index in [2.05, 4.69) is 15.4 Å². The lowest BCUT2D eigenvalue weighted by atomic mass is 10.1. The van der Waals surface area contributed by atoms with E-state index in [1.54, 1.807) is 12.1 Å². The lowest BCUT2D eigenvalue weighted by molar-refractivity contribution is -0.145. The Balaban J connectivity index is 2.34. The highest BCUT2D eigenvalue weighted by Gasteiger charge is 2.21. The molecule has 0 spiro atoms. The fourth-order valence-corrected chi connectivity index (χ4v) is 1.77. The summed E-state index contributed by atoms with van der Waals surface area (Å²) in [5.74, 6) is -1.23. The number of alkyl carbamates (subject to hydrolysis) is 1. The fraction of sp³-hybridized carbons (Fsp3) is 0.375. The van der Waals surface area contributed by atoms with Gasteiger partial charge in [-0.2, -0.15) is 5.26 Å². The van der Waals surface area contributed by atoms with E-state index in [1.165, 1.54) is 7.11 Å². The van der Waals surface area contributed by atoms with E-state index in [-0.39, 0.29) is 26.0 Å². The van der Waals surface area contributed by atoms with Crippen molar-refractivity contribution in [2.75, 3.05) is 13.7 Å². The Labute approximate surface area is 139 Å². The first kappa shape index (κ1) is 19.0. The van der Waals surface area contributed by atoms with Crippen LogP contribution in [0.15, 0.2) is 30.3 Å². The van der Waals surface area contributed by atoms with Crippen molar-refractivity contribution in [1.82, 2.24) is 10.6 Å². The van der Waals surface area contributed by atoms with Gasteiger partial charge in [0.1, 0.15) is 19.2 Å². The van der Waals surface area contributed by atoms with Crippen molar-refractivity contribution in [3.05, 3.63) is 35.9 Å². The predicted octanol–water partition coefficient (Wildman–Crippen LogP) is 0.874. The number of nitrogens with one attached hydrogen (secondary N) is 2. The monoisotopic (exact) mass is 333 g/mol. The highest BCUT2D eigenvalue weighted by atomic mass is 16.5. The molecule has 0 saturated carbocycles. The van der Waals surface area contributed by atoms with Crippen LogP contribution in [-0.2, 0) is 25.7 Å². The maximum Gasteiger partial charge on any atom is 0.407 e. The molecule has 0 fully saturated rings. The molecule has 8 nitrogen and oxygen atoms in total. The standard InChI is InChI=1S/C16H19N3O5/c1-23-15(21)13(8-5-9-17)19-14(20)10-18-16(22)24-11-12-6-3-2-4-7-12/h2-4,6-7,13H,5,8,10-11H2,1H3,(H,18,22)(H,19,20)/t13-/m1/s1. The van der Waals surface area contributed by atoms with Crippen LogP contribution in [0.3, 0.4) is 0 Å². The van der Waals surface area contributed by atoms with Crippen molar-refractivity contribution in [2.45, 2.75) is 25.5 Å². The van der Waals surface area contributed by atoms with Crippen LogP contribution in [0.25, 0.3) is 0 Å². The number of carbonyl (C=O) groups is 3. The van der Waals surface area contributed by atoms with Gasteiger partial charge in [-0.1, -0.05) is 30.3 Å². The minimum atomic E-state index is -0.927. The molecule has 1 rings (SSSR count). The highest BCUT2D eigenvalue weighted by molar-refractivity contribution is 5.87. The van der Waals surface area contributed by atoms with Crippen molar-refractivity contribution in [2.24, 2.45) is 0 Å². The predicted molar refractivity (Wildman–Crippen MR) is 83.4 cm³/mol. The first-order valence-electron chi connectivity index (χ1n) is 7.25. The zero-order valence-electron chi connectivity index (χ0n) is 13.3. The molecule has 0 heterocycles. The molecular formula is C16H19N3O5. The molecule has 0 aliphatic carbocycles. The van der Waals surface area contributed by atoms with Crippen LogP contribution in [0, 0.1) is 11.3 Å². The van der Waals surface area contributed by atoms with Crippen LogP contribution in [0.5, 0.6) is 0 Å². The molecule has 0 aliphatic heterocycles. The molecule has 1 aromatic rings. The third-order valence-corrected chi connectivity index (χ3v) is 2.97. The van der Waals surface area contributed by atoms with Gasteiger partial charge in [-0.25, -0.2) is 9.59 Å². The number of methoxy groups -OCH3 is 1. The van der Waals surface area contributed by atoms with Gasteiger partial charge >= 0.3 is 12.1 Å². The second-order valence-electron chi connectivity index (χ2n) is 4.76. The number of esters is 1. The Hall–Kier alpha value is -3.08. The molecule has 2 amide bonds. The summed E-state index contributed by atoms with van der Waals surface area (Å²) in [6.07, 6.45) is -0.527. The highest BCUT2D eigenvalue weighted by Crippen LogP contribution is 2.01. The van der Waals surface area contributed by atoms with Gasteiger partial charge in [0.15, 0.2) is 0 Å². The lowest BCUT2D eigenvalue weighted by Crippen LogP contribution is -2.46. The van der Waals surface area contributed by atoms with Gasteiger partial charge in [-0.15, -0.1) is 0 Å². The van der Waals surface area contributed by atoms with Gasteiger partial charge in [0.2, 0.25) is 5.91 Å². The quantitative estimate of drug-likeness (QED) is 0.682. The maximum absolute atomic E-state index is 11.7. The van der Waals surface area contributed by atoms with E-state index in [1.807, 2.05) is 24.3 Å². The van der Waals surface area contributed by atoms with Crippen LogP contribution < -0.4 is 10.6 Å². The van der Waals surface area contributed by atoms with E-state index < -0.39 is 24.0 Å². The normalized spacial score (nSPS) is 10.8. The molecule has 1 aromatic carbocycles. The molecule has 0 unspecified atom stereocenters. The third-order valence-electron chi connectivity index (χ3n) is 2.97. The third kappa shape index (κ3) is 7.26. The zero-order chi connectivity index (χ0) is 17.8. The van der Waals surface area contributed by atoms with Gasteiger partial charge in [-0.3, -0.25) is 4.79 Å². The molecule has 0 bridgehead atoms. The van der Waals surface area contributed by atoms with E-state index in [0.717, 1.165) is 5.56 Å². The van der Waals surface area contributed by atoms with E-state index in [0.29, 0.717) is 0 Å². The summed E-state index contributed by atoms with van der Waals surface area (Å²) < 4.78 is 9.50. The Morgan fingerprint density at radius 3 is 2.58 bits per heavy atom. The number of nitriles is 1. The number of benzene rings is 1. The Morgan fingerprint density at radius 1 is 1.25 bits per heavy atom. The zero-order valence-corrected chi connectivity index (χ0v) is 13.3. The molecule has 128 valence electrons. The average molecular weight is 333 g/mol. The van der Waals surface area contributed by atoms with E-state index in [4.69, 9.17) is 10.00 Å². The summed E-state index contributed by atoms with van der Waals surface area (Å²) in [6.45, 7) is -0.269. The van der Waals surface area contributed by atoms with Crippen LogP contribution >= 0.6 is 0 Å². The summed E-state index contributed by atoms with van der Waals surface area (Å²) in [5, 5.41) is 13.2. The Kier molecular flexibility index (Phi) is 8.39. The molecule has 8 heteroatoms. The maximum atomic E-state index is 11.7. The molecule has 24 heavy (non-hydrogen) atoms. The van der Waals surface area contributed by atoms with Gasteiger partial charge in [0.25, 0.3) is 0 Å². The van der Waals surface area contributed by atoms with Crippen LogP contribution in [0.1, 0.15) is 18.4 Å². The molecular weight excluding hydrogens is 314 g/mol. The van der Waals surface area contributed by atoms with E-state index >= 15 is 0 Å². The average Bonchev–Trinajstić information content (AvgIpc) is 2.61. The number of rotatable bonds is 8. The number of hydrogen-bond donors (Lipinski definition) is 2. The second kappa shape index (κ2) is 10.6. The van der Waals surface area contributed by atoms with Crippen molar-refractivity contribution < 1.29 is 23.9 Å². The van der Waals surface area contributed by atoms with Crippen molar-refractivity contribution in [1.29, 1.82) is 5.26 Å². The number of nitrogens with zero attached hydrogens (tertiary/aromatic N) is 1. The summed E-state index contributed by atoms with van der Waals surface area (Å²) in [6, 6.07) is 10.0. The number of carbonyl (C=O) groups excluding carboxylic acids is 3. The fourth-order valence-electron chi connectivity index (χ4n) is 1.77. The largest absolute Gasteiger partial charge is 0.467 e. The molecule has 0 aliphatic rings. The van der Waals surface area contributed by atoms with Gasteiger partial charge < -0.3 is 20.1 Å². The van der Waals surface area contributed by atoms with Crippen molar-refractivity contribution in [3.8, 4) is 6.07 Å². The van der Waals surface area contributed by atoms with Crippen LogP contribution in [0.2, 0.25) is 0 Å². The Morgan fingerprint density at radius 2 is 1.96 bits per heavy atom. The summed E-state index contributed by atoms with van der Waals surface area (Å²) in [5.41, 5.74) is 0.819. The number of amides is 2. The minimum absolute atomic E-state index is 0.0846.